The quantitative estimate of drug-likeness (QED) is 0.311. The van der Waals surface area contributed by atoms with Crippen LogP contribution in [0.4, 0.5) is 26.3 Å². The summed E-state index contributed by atoms with van der Waals surface area (Å²) < 4.78 is 86.4. The summed E-state index contributed by atoms with van der Waals surface area (Å²) in [5, 5.41) is 46.7. The molecule has 174 valence electrons. The first-order valence-corrected chi connectivity index (χ1v) is 8.92. The van der Waals surface area contributed by atoms with Gasteiger partial charge >= 0.3 is 12.7 Å². The molecule has 2 aliphatic carbocycles. The van der Waals surface area contributed by atoms with Gasteiger partial charge in [0.2, 0.25) is 5.70 Å². The Labute approximate surface area is 196 Å². The Balaban J connectivity index is 2.53. The van der Waals surface area contributed by atoms with Gasteiger partial charge in [0.1, 0.15) is 52.8 Å². The van der Waals surface area contributed by atoms with E-state index >= 15 is 0 Å². The normalized spacial score (nSPS) is 13.9. The average molecular weight is 496 g/mol. The fraction of sp³-hybridized carbons (Fsp3) is 0.0909. The maximum atomic E-state index is 13.1. The summed E-state index contributed by atoms with van der Waals surface area (Å²) in [6.45, 7) is 7.32. The lowest BCUT2D eigenvalue weighted by Crippen LogP contribution is -2.14. The average Bonchev–Trinajstić information content (AvgIpc) is 3.23. The molecular weight excluding hydrogens is 494 g/mol. The molecule has 0 saturated heterocycles. The van der Waals surface area contributed by atoms with Crippen molar-refractivity contribution in [1.82, 2.24) is 0 Å². The van der Waals surface area contributed by atoms with Crippen molar-refractivity contribution in [3.05, 3.63) is 68.5 Å². The van der Waals surface area contributed by atoms with Gasteiger partial charge in [-0.25, -0.2) is 4.85 Å². The van der Waals surface area contributed by atoms with Gasteiger partial charge < -0.3 is 9.47 Å². The number of rotatable bonds is 2. The van der Waals surface area contributed by atoms with E-state index in [1.54, 1.807) is 0 Å². The molecule has 0 amide bonds. The van der Waals surface area contributed by atoms with Crippen molar-refractivity contribution in [1.29, 1.82) is 26.3 Å². The molecule has 0 radical (unpaired) electrons. The van der Waals surface area contributed by atoms with Gasteiger partial charge in [-0.3, -0.25) is 0 Å². The van der Waals surface area contributed by atoms with E-state index in [0.29, 0.717) is 0 Å². The molecule has 0 unspecified atom stereocenters. The van der Waals surface area contributed by atoms with Crippen LogP contribution in [-0.4, -0.2) is 12.7 Å². The van der Waals surface area contributed by atoms with Crippen LogP contribution in [0, 0.1) is 63.2 Å². The van der Waals surface area contributed by atoms with Crippen LogP contribution in [0.5, 0.6) is 0 Å². The molecule has 0 fully saturated rings. The maximum Gasteiger partial charge on any atom is 0.573 e. The minimum absolute atomic E-state index is 0.405. The molecule has 2 aliphatic rings. The Kier molecular flexibility index (Phi) is 5.94. The van der Waals surface area contributed by atoms with Crippen LogP contribution in [0.15, 0.2) is 34.8 Å². The number of benzene rings is 1. The SMILES string of the molecule is [C-]#[N+]C1=C(OC(F)(F)F)C(=C(C#N)C#N)c2cc3c(cc21)C(C#N)=C(OC(F)(F)F)C3=C(C#N)C#N. The monoisotopic (exact) mass is 496 g/mol. The standard InChI is InChI=1S/C22H2F6N6O2/c1-34-18-14-2-11-12(3-13(14)17(10(6-31)7-32)20(18)36-22(26,27)28)16(9(4-29)5-30)19(15(11)8-33)35-21(23,24)25/h2-3H. The van der Waals surface area contributed by atoms with Gasteiger partial charge in [-0.15, -0.1) is 26.3 Å². The van der Waals surface area contributed by atoms with Crippen molar-refractivity contribution in [3.63, 3.8) is 0 Å². The van der Waals surface area contributed by atoms with Crippen molar-refractivity contribution in [2.75, 3.05) is 0 Å². The van der Waals surface area contributed by atoms with Crippen molar-refractivity contribution >= 4 is 22.4 Å². The number of hydrogen-bond donors (Lipinski definition) is 0. The number of ether oxygens (including phenoxy) is 2. The molecule has 14 heteroatoms. The Bertz CT molecular complexity index is 1460. The van der Waals surface area contributed by atoms with E-state index in [9.17, 15) is 52.7 Å². The van der Waals surface area contributed by atoms with Crippen LogP contribution in [0.3, 0.4) is 0 Å². The van der Waals surface area contributed by atoms with Gasteiger partial charge in [-0.1, -0.05) is 6.07 Å². The predicted molar refractivity (Wildman–Crippen MR) is 103 cm³/mol. The maximum absolute atomic E-state index is 13.1. The van der Waals surface area contributed by atoms with E-state index in [4.69, 9.17) is 6.57 Å². The highest BCUT2D eigenvalue weighted by Gasteiger charge is 2.44. The van der Waals surface area contributed by atoms with Crippen LogP contribution < -0.4 is 0 Å². The first-order valence-electron chi connectivity index (χ1n) is 8.92. The zero-order chi connectivity index (χ0) is 27.0. The molecule has 0 aliphatic heterocycles. The third kappa shape index (κ3) is 4.03. The summed E-state index contributed by atoms with van der Waals surface area (Å²) in [4.78, 5) is 2.96. The molecule has 0 saturated carbocycles. The van der Waals surface area contributed by atoms with E-state index in [-0.39, 0.29) is 0 Å². The topological polar surface area (TPSA) is 142 Å². The van der Waals surface area contributed by atoms with Gasteiger partial charge in [-0.05, 0) is 22.8 Å². The molecule has 0 N–H and O–H groups in total. The minimum atomic E-state index is -5.38. The van der Waals surface area contributed by atoms with Gasteiger partial charge in [0, 0.05) is 11.1 Å². The van der Waals surface area contributed by atoms with Crippen molar-refractivity contribution < 1.29 is 35.8 Å². The van der Waals surface area contributed by atoms with E-state index in [1.165, 1.54) is 30.3 Å². The minimum Gasteiger partial charge on any atom is -0.417 e. The second-order valence-electron chi connectivity index (χ2n) is 6.59. The molecule has 0 bridgehead atoms. The number of allylic oxidation sites excluding steroid dienone is 5. The molecule has 8 nitrogen and oxygen atoms in total. The molecule has 0 aromatic heterocycles. The third-order valence-electron chi connectivity index (χ3n) is 4.72. The zero-order valence-corrected chi connectivity index (χ0v) is 16.9. The summed E-state index contributed by atoms with van der Waals surface area (Å²) >= 11 is 0. The summed E-state index contributed by atoms with van der Waals surface area (Å²) in [6, 6.07) is 8.57. The van der Waals surface area contributed by atoms with Gasteiger partial charge in [0.05, 0.1) is 12.1 Å². The molecule has 1 aromatic rings. The van der Waals surface area contributed by atoms with Crippen molar-refractivity contribution in [3.8, 4) is 30.3 Å². The Hall–Kier alpha value is -5.70. The van der Waals surface area contributed by atoms with Crippen LogP contribution >= 0.6 is 0 Å². The Morgan fingerprint density at radius 1 is 0.694 bits per heavy atom. The number of fused-ring (bicyclic) bond motifs is 2. The third-order valence-corrected chi connectivity index (χ3v) is 4.72. The van der Waals surface area contributed by atoms with Gasteiger partial charge in [0.15, 0.2) is 5.76 Å². The Morgan fingerprint density at radius 3 is 1.53 bits per heavy atom. The largest absolute Gasteiger partial charge is 0.573 e. The van der Waals surface area contributed by atoms with E-state index in [2.05, 4.69) is 14.3 Å². The summed E-state index contributed by atoms with van der Waals surface area (Å²) in [6.07, 6.45) is -10.7. The summed E-state index contributed by atoms with van der Waals surface area (Å²) in [5.41, 5.74) is -6.79. The van der Waals surface area contributed by atoms with Gasteiger partial charge in [0.25, 0.3) is 0 Å². The molecule has 0 spiro atoms. The van der Waals surface area contributed by atoms with Crippen LogP contribution in [0.25, 0.3) is 27.3 Å². The second-order valence-corrected chi connectivity index (χ2v) is 6.59. The first-order chi connectivity index (χ1) is 16.8. The summed E-state index contributed by atoms with van der Waals surface area (Å²) in [5.74, 6) is -2.43. The van der Waals surface area contributed by atoms with Crippen LogP contribution in [0.1, 0.15) is 22.3 Å². The number of nitrogens with zero attached hydrogens (tertiary/aromatic N) is 6. The van der Waals surface area contributed by atoms with E-state index in [0.717, 1.165) is 12.1 Å². The highest BCUT2D eigenvalue weighted by atomic mass is 19.4. The number of halogens is 6. The molecule has 0 heterocycles. The van der Waals surface area contributed by atoms with Crippen LogP contribution in [0.2, 0.25) is 0 Å². The van der Waals surface area contributed by atoms with Crippen molar-refractivity contribution in [2.45, 2.75) is 12.7 Å². The van der Waals surface area contributed by atoms with E-state index < -0.39 is 80.1 Å². The fourth-order valence-corrected chi connectivity index (χ4v) is 3.57. The molecule has 1 aromatic carbocycles. The van der Waals surface area contributed by atoms with Gasteiger partial charge in [-0.2, -0.15) is 26.3 Å². The second kappa shape index (κ2) is 8.58. The van der Waals surface area contributed by atoms with Crippen molar-refractivity contribution in [2.24, 2.45) is 0 Å². The highest BCUT2D eigenvalue weighted by Crippen LogP contribution is 2.52. The molecule has 0 atom stereocenters. The number of alkyl halides is 6. The molecular formula is C22H2F6N6O2. The lowest BCUT2D eigenvalue weighted by atomic mass is 9.92. The van der Waals surface area contributed by atoms with Crippen LogP contribution in [-0.2, 0) is 9.47 Å². The number of hydrogen-bond acceptors (Lipinski definition) is 7. The lowest BCUT2D eigenvalue weighted by Gasteiger charge is -2.14. The number of nitriles is 5. The smallest absolute Gasteiger partial charge is 0.417 e. The Morgan fingerprint density at radius 2 is 1.11 bits per heavy atom. The fourth-order valence-electron chi connectivity index (χ4n) is 3.57. The molecule has 36 heavy (non-hydrogen) atoms. The first kappa shape index (κ1) is 24.9. The summed E-state index contributed by atoms with van der Waals surface area (Å²) in [7, 11) is 0. The van der Waals surface area contributed by atoms with E-state index in [1.807, 2.05) is 0 Å². The highest BCUT2D eigenvalue weighted by molar-refractivity contribution is 6.10. The predicted octanol–water partition coefficient (Wildman–Crippen LogP) is 5.21. The zero-order valence-electron chi connectivity index (χ0n) is 16.9. The molecule has 3 rings (SSSR count). The lowest BCUT2D eigenvalue weighted by molar-refractivity contribution is -0.303.